The summed E-state index contributed by atoms with van der Waals surface area (Å²) in [7, 11) is 0. The topological polar surface area (TPSA) is 0 Å². The van der Waals surface area contributed by atoms with Crippen LogP contribution < -0.4 is 24.8 Å². The van der Waals surface area contributed by atoms with Gasteiger partial charge in [-0.25, -0.2) is 0 Å². The zero-order valence-corrected chi connectivity index (χ0v) is 25.4. The van der Waals surface area contributed by atoms with Crippen LogP contribution in [0.2, 0.25) is 0 Å². The summed E-state index contributed by atoms with van der Waals surface area (Å²) in [6.45, 7) is 4.25. The molecule has 7 rings (SSSR count). The van der Waals surface area contributed by atoms with E-state index in [4.69, 9.17) is 0 Å². The van der Waals surface area contributed by atoms with Crippen LogP contribution in [-0.4, -0.2) is 3.21 Å². The molecule has 0 radical (unpaired) electrons. The van der Waals surface area contributed by atoms with Crippen molar-refractivity contribution in [1.29, 1.82) is 0 Å². The molecule has 3 heteroatoms. The van der Waals surface area contributed by atoms with Crippen LogP contribution in [0.4, 0.5) is 0 Å². The molecule has 0 aliphatic carbocycles. The Morgan fingerprint density at radius 1 is 0.553 bits per heavy atom. The van der Waals surface area contributed by atoms with Gasteiger partial charge in [-0.1, -0.05) is 101 Å². The van der Waals surface area contributed by atoms with Gasteiger partial charge in [-0.05, 0) is 10.9 Å². The van der Waals surface area contributed by atoms with E-state index in [0.717, 1.165) is 0 Å². The van der Waals surface area contributed by atoms with Gasteiger partial charge in [0.25, 0.3) is 0 Å². The van der Waals surface area contributed by atoms with Crippen molar-refractivity contribution < 1.29 is 49.0 Å². The van der Waals surface area contributed by atoms with E-state index in [1.54, 1.807) is 24.2 Å². The minimum atomic E-state index is 0. The van der Waals surface area contributed by atoms with Crippen molar-refractivity contribution >= 4 is 46.3 Å². The van der Waals surface area contributed by atoms with Gasteiger partial charge in [0.1, 0.15) is 0 Å². The fourth-order valence-electron chi connectivity index (χ4n) is 4.75. The van der Waals surface area contributed by atoms with Crippen LogP contribution in [0.3, 0.4) is 0 Å². The number of fused-ring (bicyclic) bond motifs is 6. The van der Waals surface area contributed by atoms with E-state index in [2.05, 4.69) is 147 Å². The van der Waals surface area contributed by atoms with E-state index < -0.39 is 0 Å². The number of hydrogen-bond donors (Lipinski definition) is 0. The second-order valence-corrected chi connectivity index (χ2v) is 11.6. The van der Waals surface area contributed by atoms with Crippen molar-refractivity contribution in [2.24, 2.45) is 0 Å². The van der Waals surface area contributed by atoms with Gasteiger partial charge in [-0.3, -0.25) is 0 Å². The smallest absolute Gasteiger partial charge is 0.0271 e. The minimum absolute atomic E-state index is 0. The molecule has 0 saturated carbocycles. The average molecular weight is 611 g/mol. The van der Waals surface area contributed by atoms with E-state index in [1.807, 2.05) is 0 Å². The van der Waals surface area contributed by atoms with Gasteiger partial charge in [0.2, 0.25) is 0 Å². The summed E-state index contributed by atoms with van der Waals surface area (Å²) in [4.78, 5) is 0. The van der Waals surface area contributed by atoms with Gasteiger partial charge in [-0.2, -0.15) is 24.3 Å². The van der Waals surface area contributed by atoms with Crippen LogP contribution in [-0.2, 0) is 24.2 Å². The molecule has 0 fully saturated rings. The van der Waals surface area contributed by atoms with Crippen LogP contribution in [0.25, 0.3) is 54.2 Å². The molecule has 0 heterocycles. The fraction of sp³-hybridized carbons (Fsp3) is 0.0571. The van der Waals surface area contributed by atoms with E-state index >= 15 is 0 Å². The Bertz CT molecular complexity index is 1770. The first-order valence-electron chi connectivity index (χ1n) is 12.3. The maximum Gasteiger partial charge on any atom is -0.0271 e. The Kier molecular flexibility index (Phi) is 10.8. The molecular formula is C35H28Cl2Zr-2. The maximum atomic E-state index is 2.21. The van der Waals surface area contributed by atoms with Crippen molar-refractivity contribution in [1.82, 2.24) is 0 Å². The summed E-state index contributed by atoms with van der Waals surface area (Å²) >= 11 is 1.55. The number of benzene rings is 5. The van der Waals surface area contributed by atoms with Crippen LogP contribution in [0.1, 0.15) is 13.8 Å². The van der Waals surface area contributed by atoms with Crippen molar-refractivity contribution in [3.63, 3.8) is 0 Å². The predicted molar refractivity (Wildman–Crippen MR) is 156 cm³/mol. The molecule has 0 aliphatic rings. The predicted octanol–water partition coefficient (Wildman–Crippen LogP) is 3.84. The third-order valence-electron chi connectivity index (χ3n) is 6.29. The molecule has 0 nitrogen and oxygen atoms in total. The third-order valence-corrected chi connectivity index (χ3v) is 6.29. The zero-order valence-electron chi connectivity index (χ0n) is 21.5. The van der Waals surface area contributed by atoms with Crippen LogP contribution in [0.5, 0.6) is 0 Å². The van der Waals surface area contributed by atoms with Crippen molar-refractivity contribution in [2.45, 2.75) is 13.8 Å². The molecule has 0 saturated heterocycles. The molecule has 0 aromatic heterocycles. The van der Waals surface area contributed by atoms with Crippen LogP contribution in [0.15, 0.2) is 133 Å². The Morgan fingerprint density at radius 2 is 1.18 bits per heavy atom. The van der Waals surface area contributed by atoms with Gasteiger partial charge >= 0.3 is 41.3 Å². The van der Waals surface area contributed by atoms with E-state index in [9.17, 15) is 0 Å². The summed E-state index contributed by atoms with van der Waals surface area (Å²) in [6.07, 6.45) is 0. The molecule has 0 unspecified atom stereocenters. The molecule has 7 aromatic carbocycles. The second-order valence-electron chi connectivity index (χ2n) is 9.18. The molecule has 0 bridgehead atoms. The average Bonchev–Trinajstić information content (AvgIpc) is 3.58. The summed E-state index contributed by atoms with van der Waals surface area (Å²) in [5, 5.41) is 10.7. The Balaban J connectivity index is 0.000000178. The Labute approximate surface area is 252 Å². The molecular weight excluding hydrogens is 583 g/mol. The van der Waals surface area contributed by atoms with E-state index in [-0.39, 0.29) is 24.8 Å². The van der Waals surface area contributed by atoms with Gasteiger partial charge in [0.05, 0.1) is 0 Å². The molecule has 0 atom stereocenters. The molecule has 0 amide bonds. The summed E-state index contributed by atoms with van der Waals surface area (Å²) in [5.41, 5.74) is 2.60. The first-order valence-corrected chi connectivity index (χ1v) is 13.5. The molecule has 0 aliphatic heterocycles. The number of hydrogen-bond acceptors (Lipinski definition) is 0. The summed E-state index contributed by atoms with van der Waals surface area (Å²) < 4.78 is 1.51. The Hall–Kier alpha value is -2.83. The van der Waals surface area contributed by atoms with Gasteiger partial charge in [-0.15, -0.1) is 51.9 Å². The van der Waals surface area contributed by atoms with Gasteiger partial charge in [0.15, 0.2) is 0 Å². The molecule has 7 aromatic rings. The van der Waals surface area contributed by atoms with Crippen molar-refractivity contribution in [3.8, 4) is 11.1 Å². The summed E-state index contributed by atoms with van der Waals surface area (Å²) in [6, 6.07) is 47.4. The third kappa shape index (κ3) is 6.59. The van der Waals surface area contributed by atoms with Gasteiger partial charge in [0, 0.05) is 0 Å². The number of rotatable bonds is 1. The molecule has 38 heavy (non-hydrogen) atoms. The van der Waals surface area contributed by atoms with Crippen LogP contribution >= 0.6 is 0 Å². The first-order chi connectivity index (χ1) is 17.6. The maximum absolute atomic E-state index is 2.21. The minimum Gasteiger partial charge on any atom is -1.00 e. The number of halogens is 2. The summed E-state index contributed by atoms with van der Waals surface area (Å²) in [5.74, 6) is 0. The molecule has 0 spiro atoms. The second kappa shape index (κ2) is 13.8. The SMILES string of the molecule is C[C](C)=[Zr+2].[Cl-].[Cl-].c1ccc(-c2cccc3[cH-]ccc23)cc1.c1ccc2c(c1)ccc1ccc3cc[cH-]c3c12. The normalized spacial score (nSPS) is 10.1. The Morgan fingerprint density at radius 3 is 1.95 bits per heavy atom. The molecule has 0 N–H and O–H groups in total. The standard InChI is InChI=1S/C17H11.C15H11.C3H6.2ClH.Zr/c1-2-6-15-12(4-1)8-10-14-11-9-13-5-3-7-16(13)17(14)15;1-2-6-12(7-3-1)14-10-4-8-13-9-5-11-15(13)14;1-3-2;;;/h1-11H;1-11H;1-2H3;2*1H;/q2*-1;;;;+2/p-2. The first kappa shape index (κ1) is 29.7. The fourth-order valence-corrected chi connectivity index (χ4v) is 4.75. The largest absolute Gasteiger partial charge is 1.00 e. The monoisotopic (exact) mass is 608 g/mol. The van der Waals surface area contributed by atoms with Crippen molar-refractivity contribution in [2.75, 3.05) is 0 Å². The van der Waals surface area contributed by atoms with Gasteiger partial charge < -0.3 is 24.8 Å². The quantitative estimate of drug-likeness (QED) is 0.196. The van der Waals surface area contributed by atoms with E-state index in [0.29, 0.717) is 0 Å². The molecule has 188 valence electrons. The zero-order chi connectivity index (χ0) is 24.9. The van der Waals surface area contributed by atoms with E-state index in [1.165, 1.54) is 57.4 Å². The van der Waals surface area contributed by atoms with Crippen molar-refractivity contribution in [3.05, 3.63) is 133 Å². The van der Waals surface area contributed by atoms with Crippen LogP contribution in [0, 0.1) is 0 Å².